The third kappa shape index (κ3) is 2.82. The van der Waals surface area contributed by atoms with Crippen LogP contribution < -0.4 is 5.32 Å². The van der Waals surface area contributed by atoms with Crippen LogP contribution in [0, 0.1) is 0 Å². The van der Waals surface area contributed by atoms with E-state index < -0.39 is 0 Å². The van der Waals surface area contributed by atoms with Crippen LogP contribution in [0.3, 0.4) is 0 Å². The fourth-order valence-corrected chi connectivity index (χ4v) is 3.69. The Labute approximate surface area is 116 Å². The fraction of sp³-hybridized carbons (Fsp3) is 0.688. The molecule has 1 N–H and O–H groups in total. The van der Waals surface area contributed by atoms with Crippen molar-refractivity contribution in [3.8, 4) is 0 Å². The van der Waals surface area contributed by atoms with E-state index in [4.69, 9.17) is 0 Å². The van der Waals surface area contributed by atoms with Gasteiger partial charge >= 0.3 is 0 Å². The molecule has 0 amide bonds. The molecular weight excluding hydrogens is 234 g/mol. The second-order valence-electron chi connectivity index (χ2n) is 6.17. The highest BCUT2D eigenvalue weighted by atomic mass is 15.2. The lowest BCUT2D eigenvalue weighted by Crippen LogP contribution is -2.49. The van der Waals surface area contributed by atoms with E-state index in [0.29, 0.717) is 11.6 Å². The second kappa shape index (κ2) is 5.59. The van der Waals surface area contributed by atoms with Crippen molar-refractivity contribution in [1.82, 2.24) is 15.2 Å². The molecule has 2 heterocycles. The first-order chi connectivity index (χ1) is 9.29. The number of nitrogens with zero attached hydrogens (tertiary/aromatic N) is 2. The summed E-state index contributed by atoms with van der Waals surface area (Å²) in [6.07, 6.45) is 8.63. The molecule has 3 nitrogen and oxygen atoms in total. The standard InChI is InChI=1S/C16H25N3/c1-14(15-7-2-5-10-17-15)19-12-6-11-18-16(13-19)8-3-4-9-16/h2,5,7,10,14,18H,3-4,6,8-9,11-13H2,1H3. The van der Waals surface area contributed by atoms with E-state index in [1.807, 2.05) is 12.3 Å². The summed E-state index contributed by atoms with van der Waals surface area (Å²) < 4.78 is 0. The summed E-state index contributed by atoms with van der Waals surface area (Å²) in [5.74, 6) is 0. The minimum Gasteiger partial charge on any atom is -0.310 e. The number of pyridine rings is 1. The van der Waals surface area contributed by atoms with Gasteiger partial charge < -0.3 is 5.32 Å². The van der Waals surface area contributed by atoms with Crippen LogP contribution in [0.25, 0.3) is 0 Å². The van der Waals surface area contributed by atoms with Crippen molar-refractivity contribution in [2.75, 3.05) is 19.6 Å². The van der Waals surface area contributed by atoms with Gasteiger partial charge in [-0.05, 0) is 44.9 Å². The lowest BCUT2D eigenvalue weighted by atomic mass is 9.96. The van der Waals surface area contributed by atoms with Crippen molar-refractivity contribution >= 4 is 0 Å². The monoisotopic (exact) mass is 259 g/mol. The van der Waals surface area contributed by atoms with Crippen LogP contribution in [0.1, 0.15) is 50.8 Å². The Kier molecular flexibility index (Phi) is 3.85. The third-order valence-electron chi connectivity index (χ3n) is 4.85. The second-order valence-corrected chi connectivity index (χ2v) is 6.17. The van der Waals surface area contributed by atoms with Gasteiger partial charge in [-0.3, -0.25) is 9.88 Å². The van der Waals surface area contributed by atoms with Gasteiger partial charge in [0.1, 0.15) is 0 Å². The van der Waals surface area contributed by atoms with E-state index >= 15 is 0 Å². The highest BCUT2D eigenvalue weighted by Gasteiger charge is 2.37. The van der Waals surface area contributed by atoms with Gasteiger partial charge in [-0.25, -0.2) is 0 Å². The zero-order chi connectivity index (χ0) is 13.1. The molecule has 0 aromatic carbocycles. The van der Waals surface area contributed by atoms with Gasteiger partial charge in [-0.15, -0.1) is 0 Å². The molecule has 1 saturated heterocycles. The van der Waals surface area contributed by atoms with E-state index in [9.17, 15) is 0 Å². The molecular formula is C16H25N3. The van der Waals surface area contributed by atoms with Gasteiger partial charge in [-0.2, -0.15) is 0 Å². The molecule has 1 saturated carbocycles. The van der Waals surface area contributed by atoms with Crippen LogP contribution in [-0.4, -0.2) is 35.1 Å². The molecule has 1 aromatic rings. The summed E-state index contributed by atoms with van der Waals surface area (Å²) in [5, 5.41) is 3.83. The Morgan fingerprint density at radius 1 is 1.26 bits per heavy atom. The van der Waals surface area contributed by atoms with Crippen molar-refractivity contribution in [1.29, 1.82) is 0 Å². The van der Waals surface area contributed by atoms with Gasteiger partial charge in [0.2, 0.25) is 0 Å². The lowest BCUT2D eigenvalue weighted by Gasteiger charge is -2.36. The molecule has 104 valence electrons. The number of rotatable bonds is 2. The first-order valence-corrected chi connectivity index (χ1v) is 7.69. The topological polar surface area (TPSA) is 28.2 Å². The molecule has 2 fully saturated rings. The largest absolute Gasteiger partial charge is 0.310 e. The highest BCUT2D eigenvalue weighted by molar-refractivity contribution is 5.09. The van der Waals surface area contributed by atoms with Crippen LogP contribution in [0.15, 0.2) is 24.4 Å². The summed E-state index contributed by atoms with van der Waals surface area (Å²) in [7, 11) is 0. The van der Waals surface area contributed by atoms with Crippen molar-refractivity contribution in [2.24, 2.45) is 0 Å². The minimum atomic E-state index is 0.388. The van der Waals surface area contributed by atoms with Crippen molar-refractivity contribution < 1.29 is 0 Å². The first kappa shape index (κ1) is 13.1. The average Bonchev–Trinajstić information content (AvgIpc) is 2.80. The summed E-state index contributed by atoms with van der Waals surface area (Å²) >= 11 is 0. The lowest BCUT2D eigenvalue weighted by molar-refractivity contribution is 0.163. The molecule has 1 unspecified atom stereocenters. The van der Waals surface area contributed by atoms with Crippen LogP contribution >= 0.6 is 0 Å². The molecule has 0 bridgehead atoms. The van der Waals surface area contributed by atoms with E-state index in [1.165, 1.54) is 57.4 Å². The normalized spacial score (nSPS) is 25.3. The van der Waals surface area contributed by atoms with E-state index in [2.05, 4.69) is 34.3 Å². The zero-order valence-electron chi connectivity index (χ0n) is 11.9. The third-order valence-corrected chi connectivity index (χ3v) is 4.85. The number of hydrogen-bond donors (Lipinski definition) is 1. The highest BCUT2D eigenvalue weighted by Crippen LogP contribution is 2.33. The SMILES string of the molecule is CC(c1ccccn1)N1CCCNC2(CCCC2)C1. The molecule has 0 radical (unpaired) electrons. The van der Waals surface area contributed by atoms with Crippen molar-refractivity contribution in [3.05, 3.63) is 30.1 Å². The van der Waals surface area contributed by atoms with Crippen molar-refractivity contribution in [2.45, 2.75) is 50.6 Å². The van der Waals surface area contributed by atoms with Gasteiger partial charge in [-0.1, -0.05) is 18.9 Å². The Balaban J connectivity index is 1.75. The summed E-state index contributed by atoms with van der Waals surface area (Å²) in [6.45, 7) is 5.85. The number of hydrogen-bond acceptors (Lipinski definition) is 3. The minimum absolute atomic E-state index is 0.388. The fourth-order valence-electron chi connectivity index (χ4n) is 3.69. The molecule has 1 atom stereocenters. The average molecular weight is 259 g/mol. The van der Waals surface area contributed by atoms with Crippen LogP contribution in [-0.2, 0) is 0 Å². The molecule has 3 heteroatoms. The van der Waals surface area contributed by atoms with Gasteiger partial charge in [0.15, 0.2) is 0 Å². The Morgan fingerprint density at radius 3 is 2.84 bits per heavy atom. The number of aromatic nitrogens is 1. The first-order valence-electron chi connectivity index (χ1n) is 7.69. The van der Waals surface area contributed by atoms with Gasteiger partial charge in [0, 0.05) is 30.9 Å². The van der Waals surface area contributed by atoms with Crippen LogP contribution in [0.5, 0.6) is 0 Å². The quantitative estimate of drug-likeness (QED) is 0.885. The smallest absolute Gasteiger partial charge is 0.0572 e. The van der Waals surface area contributed by atoms with Gasteiger partial charge in [0.05, 0.1) is 5.69 Å². The zero-order valence-corrected chi connectivity index (χ0v) is 11.9. The molecule has 1 aromatic heterocycles. The maximum absolute atomic E-state index is 4.54. The molecule has 2 aliphatic rings. The van der Waals surface area contributed by atoms with E-state index in [-0.39, 0.29) is 0 Å². The maximum atomic E-state index is 4.54. The predicted octanol–water partition coefficient (Wildman–Crippen LogP) is 2.75. The molecule has 3 rings (SSSR count). The summed E-state index contributed by atoms with van der Waals surface area (Å²) in [4.78, 5) is 7.17. The Hall–Kier alpha value is -0.930. The van der Waals surface area contributed by atoms with E-state index in [1.54, 1.807) is 0 Å². The molecule has 1 spiro atoms. The molecule has 1 aliphatic heterocycles. The summed E-state index contributed by atoms with van der Waals surface area (Å²) in [6, 6.07) is 6.68. The van der Waals surface area contributed by atoms with Crippen LogP contribution in [0.2, 0.25) is 0 Å². The maximum Gasteiger partial charge on any atom is 0.0572 e. The molecule has 1 aliphatic carbocycles. The molecule has 19 heavy (non-hydrogen) atoms. The van der Waals surface area contributed by atoms with Crippen molar-refractivity contribution in [3.63, 3.8) is 0 Å². The Morgan fingerprint density at radius 2 is 2.11 bits per heavy atom. The predicted molar refractivity (Wildman–Crippen MR) is 78.0 cm³/mol. The van der Waals surface area contributed by atoms with Gasteiger partial charge in [0.25, 0.3) is 0 Å². The summed E-state index contributed by atoms with van der Waals surface area (Å²) in [5.41, 5.74) is 1.59. The van der Waals surface area contributed by atoms with E-state index in [0.717, 1.165) is 0 Å². The Bertz CT molecular complexity index is 398. The van der Waals surface area contributed by atoms with Crippen LogP contribution in [0.4, 0.5) is 0 Å². The number of nitrogens with one attached hydrogen (secondary N) is 1.